The van der Waals surface area contributed by atoms with E-state index in [-0.39, 0.29) is 19.2 Å². The number of carboxylic acids is 1. The van der Waals surface area contributed by atoms with E-state index >= 15 is 0 Å². The third-order valence-corrected chi connectivity index (χ3v) is 3.49. The van der Waals surface area contributed by atoms with Gasteiger partial charge < -0.3 is 19.6 Å². The van der Waals surface area contributed by atoms with E-state index in [1.165, 1.54) is 4.90 Å². The zero-order valence-corrected chi connectivity index (χ0v) is 12.7. The Labute approximate surface area is 124 Å². The normalized spacial score (nSPS) is 17.2. The summed E-state index contributed by atoms with van der Waals surface area (Å²) in [5, 5.41) is 8.97. The predicted molar refractivity (Wildman–Crippen MR) is 74.9 cm³/mol. The van der Waals surface area contributed by atoms with Crippen LogP contribution in [0, 0.1) is 0 Å². The van der Waals surface area contributed by atoms with Gasteiger partial charge in [-0.15, -0.1) is 0 Å². The van der Waals surface area contributed by atoms with E-state index in [1.807, 2.05) is 4.90 Å². The molecule has 0 spiro atoms. The van der Waals surface area contributed by atoms with Crippen LogP contribution < -0.4 is 0 Å². The van der Waals surface area contributed by atoms with Gasteiger partial charge in [0.25, 0.3) is 0 Å². The fraction of sp³-hybridized carbons (Fsp3) is 0.769. The summed E-state index contributed by atoms with van der Waals surface area (Å²) < 4.78 is 4.80. The molecule has 2 amide bonds. The molecule has 1 N–H and O–H groups in total. The summed E-state index contributed by atoms with van der Waals surface area (Å²) in [6, 6.07) is -0.801. The van der Waals surface area contributed by atoms with Gasteiger partial charge in [-0.1, -0.05) is 0 Å². The van der Waals surface area contributed by atoms with E-state index in [2.05, 4.69) is 0 Å². The molecule has 0 aromatic carbocycles. The average molecular weight is 301 g/mol. The van der Waals surface area contributed by atoms with Gasteiger partial charge in [0, 0.05) is 33.2 Å². The van der Waals surface area contributed by atoms with Crippen LogP contribution in [-0.4, -0.2) is 90.2 Å². The van der Waals surface area contributed by atoms with Crippen molar-refractivity contribution < 1.29 is 24.2 Å². The number of carboxylic acid groups (broad SMARTS) is 1. The number of likely N-dealkylation sites (N-methyl/N-ethyl adjacent to an activating group) is 1. The molecule has 1 heterocycles. The monoisotopic (exact) mass is 301 g/mol. The Morgan fingerprint density at radius 2 is 1.81 bits per heavy atom. The second-order valence-electron chi connectivity index (χ2n) is 4.98. The summed E-state index contributed by atoms with van der Waals surface area (Å²) in [6.45, 7) is 5.45. The number of hydrogen-bond acceptors (Lipinski definition) is 5. The van der Waals surface area contributed by atoms with E-state index in [0.717, 1.165) is 0 Å². The first-order chi connectivity index (χ1) is 9.86. The van der Waals surface area contributed by atoms with E-state index < -0.39 is 18.0 Å². The molecule has 0 aromatic rings. The summed E-state index contributed by atoms with van der Waals surface area (Å²) in [5.74, 6) is -1.30. The number of esters is 1. The van der Waals surface area contributed by atoms with E-state index in [0.29, 0.717) is 26.2 Å². The molecule has 0 radical (unpaired) electrons. The lowest BCUT2D eigenvalue weighted by molar-refractivity contribution is -0.144. The first-order valence-electron chi connectivity index (χ1n) is 6.99. The Kier molecular flexibility index (Phi) is 6.41. The SMILES string of the molecule is CCOC(=O)CN(C)C(=O)N1CCN(C(C)C(=O)O)CC1. The van der Waals surface area contributed by atoms with Crippen LogP contribution in [0.4, 0.5) is 4.79 Å². The zero-order chi connectivity index (χ0) is 16.0. The molecule has 8 heteroatoms. The first kappa shape index (κ1) is 17.2. The number of aliphatic carboxylic acids is 1. The van der Waals surface area contributed by atoms with Crippen molar-refractivity contribution in [3.63, 3.8) is 0 Å². The van der Waals surface area contributed by atoms with Crippen molar-refractivity contribution in [3.8, 4) is 0 Å². The highest BCUT2D eigenvalue weighted by molar-refractivity contribution is 5.81. The predicted octanol–water partition coefficient (Wildman–Crippen LogP) is -0.308. The highest BCUT2D eigenvalue weighted by Crippen LogP contribution is 2.08. The summed E-state index contributed by atoms with van der Waals surface area (Å²) in [7, 11) is 1.55. The second-order valence-corrected chi connectivity index (χ2v) is 4.98. The molecule has 8 nitrogen and oxygen atoms in total. The van der Waals surface area contributed by atoms with Crippen LogP contribution in [0.25, 0.3) is 0 Å². The molecule has 120 valence electrons. The lowest BCUT2D eigenvalue weighted by atomic mass is 10.2. The van der Waals surface area contributed by atoms with Gasteiger partial charge in [-0.25, -0.2) is 4.79 Å². The Balaban J connectivity index is 2.44. The Morgan fingerprint density at radius 1 is 1.24 bits per heavy atom. The molecule has 1 rings (SSSR count). The molecular formula is C13H23N3O5. The van der Waals surface area contributed by atoms with Gasteiger partial charge in [-0.2, -0.15) is 0 Å². The van der Waals surface area contributed by atoms with Crippen LogP contribution >= 0.6 is 0 Å². The third-order valence-electron chi connectivity index (χ3n) is 3.49. The van der Waals surface area contributed by atoms with E-state index in [1.54, 1.807) is 25.8 Å². The number of amides is 2. The Hall–Kier alpha value is -1.83. The van der Waals surface area contributed by atoms with Crippen molar-refractivity contribution in [2.75, 3.05) is 46.4 Å². The van der Waals surface area contributed by atoms with E-state index in [4.69, 9.17) is 9.84 Å². The zero-order valence-electron chi connectivity index (χ0n) is 12.7. The van der Waals surface area contributed by atoms with Crippen LogP contribution in [0.3, 0.4) is 0 Å². The minimum atomic E-state index is -0.866. The lowest BCUT2D eigenvalue weighted by Crippen LogP contribution is -2.55. The number of piperazine rings is 1. The van der Waals surface area contributed by atoms with Crippen molar-refractivity contribution in [2.24, 2.45) is 0 Å². The lowest BCUT2D eigenvalue weighted by Gasteiger charge is -2.37. The number of rotatable bonds is 5. The summed E-state index contributed by atoms with van der Waals surface area (Å²) in [4.78, 5) is 39.2. The number of carbonyl (C=O) groups is 3. The van der Waals surface area contributed by atoms with Gasteiger partial charge in [0.15, 0.2) is 0 Å². The molecular weight excluding hydrogens is 278 g/mol. The van der Waals surface area contributed by atoms with E-state index in [9.17, 15) is 14.4 Å². The Morgan fingerprint density at radius 3 is 2.29 bits per heavy atom. The summed E-state index contributed by atoms with van der Waals surface area (Å²) >= 11 is 0. The molecule has 0 bridgehead atoms. The van der Waals surface area contributed by atoms with Gasteiger partial charge in [0.1, 0.15) is 12.6 Å². The number of carbonyl (C=O) groups excluding carboxylic acids is 2. The maximum atomic E-state index is 12.2. The minimum absolute atomic E-state index is 0.0849. The molecule has 0 aliphatic carbocycles. The first-order valence-corrected chi connectivity index (χ1v) is 6.99. The highest BCUT2D eigenvalue weighted by Gasteiger charge is 2.28. The smallest absolute Gasteiger partial charge is 0.325 e. The highest BCUT2D eigenvalue weighted by atomic mass is 16.5. The second kappa shape index (κ2) is 7.82. The van der Waals surface area contributed by atoms with Gasteiger partial charge in [-0.05, 0) is 13.8 Å². The number of hydrogen-bond donors (Lipinski definition) is 1. The number of urea groups is 1. The van der Waals surface area contributed by atoms with Gasteiger partial charge >= 0.3 is 18.0 Å². The molecule has 1 fully saturated rings. The van der Waals surface area contributed by atoms with Crippen LogP contribution in [0.2, 0.25) is 0 Å². The average Bonchev–Trinajstić information content (AvgIpc) is 2.45. The van der Waals surface area contributed by atoms with Crippen molar-refractivity contribution in [3.05, 3.63) is 0 Å². The molecule has 0 saturated carbocycles. The summed E-state index contributed by atoms with van der Waals surface area (Å²) in [5.41, 5.74) is 0. The summed E-state index contributed by atoms with van der Waals surface area (Å²) in [6.07, 6.45) is 0. The third kappa shape index (κ3) is 4.89. The quantitative estimate of drug-likeness (QED) is 0.701. The molecule has 1 saturated heterocycles. The molecule has 1 unspecified atom stereocenters. The largest absolute Gasteiger partial charge is 0.480 e. The molecule has 21 heavy (non-hydrogen) atoms. The molecule has 1 atom stereocenters. The van der Waals surface area contributed by atoms with Crippen LogP contribution in [0.5, 0.6) is 0 Å². The van der Waals surface area contributed by atoms with Crippen LogP contribution in [-0.2, 0) is 14.3 Å². The maximum Gasteiger partial charge on any atom is 0.325 e. The number of nitrogens with zero attached hydrogens (tertiary/aromatic N) is 3. The van der Waals surface area contributed by atoms with Gasteiger partial charge in [0.05, 0.1) is 6.61 Å². The van der Waals surface area contributed by atoms with Crippen molar-refractivity contribution in [1.82, 2.24) is 14.7 Å². The Bertz CT molecular complexity index is 393. The van der Waals surface area contributed by atoms with Crippen LogP contribution in [0.15, 0.2) is 0 Å². The van der Waals surface area contributed by atoms with Crippen molar-refractivity contribution in [1.29, 1.82) is 0 Å². The van der Waals surface area contributed by atoms with Gasteiger partial charge in [0.2, 0.25) is 0 Å². The maximum absolute atomic E-state index is 12.2. The van der Waals surface area contributed by atoms with Gasteiger partial charge in [-0.3, -0.25) is 14.5 Å². The number of ether oxygens (including phenoxy) is 1. The molecule has 1 aliphatic heterocycles. The topological polar surface area (TPSA) is 90.4 Å². The molecule has 0 aromatic heterocycles. The minimum Gasteiger partial charge on any atom is -0.480 e. The fourth-order valence-corrected chi connectivity index (χ4v) is 2.17. The molecule has 1 aliphatic rings. The standard InChI is InChI=1S/C13H23N3O5/c1-4-21-11(17)9-14(3)13(20)16-7-5-15(6-8-16)10(2)12(18)19/h10H,4-9H2,1-3H3,(H,18,19). The van der Waals surface area contributed by atoms with Crippen molar-refractivity contribution >= 4 is 18.0 Å². The fourth-order valence-electron chi connectivity index (χ4n) is 2.17. The van der Waals surface area contributed by atoms with Crippen molar-refractivity contribution in [2.45, 2.75) is 19.9 Å². The van der Waals surface area contributed by atoms with Crippen LogP contribution in [0.1, 0.15) is 13.8 Å².